The second-order valence-corrected chi connectivity index (χ2v) is 3.15. The summed E-state index contributed by atoms with van der Waals surface area (Å²) in [4.78, 5) is 10.6. The fraction of sp³-hybridized carbons (Fsp3) is 0.800. The van der Waals surface area contributed by atoms with Gasteiger partial charge in [0, 0.05) is 0 Å². The van der Waals surface area contributed by atoms with E-state index in [-0.39, 0.29) is 11.4 Å². The van der Waals surface area contributed by atoms with Crippen molar-refractivity contribution in [3.8, 4) is 0 Å². The summed E-state index contributed by atoms with van der Waals surface area (Å²) < 4.78 is 4.61. The molecule has 0 spiro atoms. The topological polar surface area (TPSA) is 26.3 Å². The van der Waals surface area contributed by atoms with Crippen LogP contribution in [0.1, 0.15) is 20.8 Å². The summed E-state index contributed by atoms with van der Waals surface area (Å²) in [5.41, 5.74) is -0.318. The van der Waals surface area contributed by atoms with Crippen molar-refractivity contribution in [1.82, 2.24) is 0 Å². The molecule has 8 heavy (non-hydrogen) atoms. The lowest BCUT2D eigenvalue weighted by Crippen LogP contribution is -2.21. The van der Waals surface area contributed by atoms with Crippen molar-refractivity contribution >= 4 is 16.5 Å². The second-order valence-electron chi connectivity index (χ2n) is 2.74. The molecule has 2 nitrogen and oxygen atoms in total. The summed E-state index contributed by atoms with van der Waals surface area (Å²) in [6, 6.07) is 0. The molecule has 0 rings (SSSR count). The van der Waals surface area contributed by atoms with E-state index in [1.165, 1.54) is 0 Å². The van der Waals surface area contributed by atoms with Gasteiger partial charge >= 0.3 is 0 Å². The van der Waals surface area contributed by atoms with Gasteiger partial charge in [-0.2, -0.15) is 0 Å². The zero-order valence-electron chi connectivity index (χ0n) is 5.82. The van der Waals surface area contributed by atoms with E-state index in [1.807, 2.05) is 20.8 Å². The Hall–Kier alpha value is -0.313. The zero-order valence-corrected chi connectivity index (χ0v) is 7.82. The highest BCUT2D eigenvalue weighted by atomic mass is 28.2. The Morgan fingerprint density at radius 3 is 1.88 bits per heavy atom. The molecule has 0 aromatic heterocycles. The fourth-order valence-corrected chi connectivity index (χ4v) is 0.919. The highest BCUT2D eigenvalue weighted by Gasteiger charge is 2.20. The standard InChI is InChI=1S/C5H12O2Si/c1-5(2,3)4(6)7-8/h1-3,8H3. The van der Waals surface area contributed by atoms with E-state index in [4.69, 9.17) is 0 Å². The minimum atomic E-state index is -0.318. The van der Waals surface area contributed by atoms with Crippen LogP contribution in [-0.4, -0.2) is 16.5 Å². The Labute approximate surface area is 52.8 Å². The third-order valence-electron chi connectivity index (χ3n) is 0.798. The van der Waals surface area contributed by atoms with Gasteiger partial charge in [0.05, 0.1) is 5.41 Å². The van der Waals surface area contributed by atoms with Gasteiger partial charge in [0.2, 0.25) is 10.5 Å². The molecule has 0 fully saturated rings. The fourth-order valence-electron chi connectivity index (χ4n) is 0.306. The van der Waals surface area contributed by atoms with Crippen molar-refractivity contribution in [1.29, 1.82) is 0 Å². The van der Waals surface area contributed by atoms with Gasteiger partial charge in [0.15, 0.2) is 0 Å². The first-order chi connectivity index (χ1) is 3.48. The minimum absolute atomic E-state index is 0.107. The summed E-state index contributed by atoms with van der Waals surface area (Å²) in [6.07, 6.45) is 0. The Kier molecular flexibility index (Phi) is 2.21. The van der Waals surface area contributed by atoms with E-state index >= 15 is 0 Å². The number of hydrogen-bond donors (Lipinski definition) is 0. The molecule has 0 aliphatic carbocycles. The lowest BCUT2D eigenvalue weighted by atomic mass is 9.98. The summed E-state index contributed by atoms with van der Waals surface area (Å²) in [7, 11) is 0.504. The normalized spacial score (nSPS) is 11.4. The summed E-state index contributed by atoms with van der Waals surface area (Å²) in [6.45, 7) is 5.52. The van der Waals surface area contributed by atoms with Gasteiger partial charge in [-0.1, -0.05) is 0 Å². The molecule has 0 bridgehead atoms. The highest BCUT2D eigenvalue weighted by Crippen LogP contribution is 2.13. The largest absolute Gasteiger partial charge is 0.528 e. The van der Waals surface area contributed by atoms with E-state index in [0.29, 0.717) is 10.5 Å². The van der Waals surface area contributed by atoms with E-state index < -0.39 is 0 Å². The molecule has 0 N–H and O–H groups in total. The first-order valence-electron chi connectivity index (χ1n) is 2.57. The Bertz CT molecular complexity index is 93.1. The van der Waals surface area contributed by atoms with Gasteiger partial charge < -0.3 is 4.43 Å². The quantitative estimate of drug-likeness (QED) is 0.429. The second kappa shape index (κ2) is 2.30. The van der Waals surface area contributed by atoms with Crippen LogP contribution in [0.25, 0.3) is 0 Å². The smallest absolute Gasteiger partial charge is 0.297 e. The van der Waals surface area contributed by atoms with Gasteiger partial charge in [-0.15, -0.1) is 0 Å². The van der Waals surface area contributed by atoms with Crippen LogP contribution in [0.4, 0.5) is 0 Å². The Balaban J connectivity index is 3.82. The molecule has 0 atom stereocenters. The Morgan fingerprint density at radius 2 is 1.88 bits per heavy atom. The summed E-state index contributed by atoms with van der Waals surface area (Å²) >= 11 is 0. The Morgan fingerprint density at radius 1 is 1.50 bits per heavy atom. The predicted molar refractivity (Wildman–Crippen MR) is 35.5 cm³/mol. The molecule has 3 heteroatoms. The van der Waals surface area contributed by atoms with Crippen molar-refractivity contribution in [2.45, 2.75) is 20.8 Å². The van der Waals surface area contributed by atoms with E-state index in [1.54, 1.807) is 0 Å². The van der Waals surface area contributed by atoms with Crippen LogP contribution >= 0.6 is 0 Å². The zero-order chi connectivity index (χ0) is 6.78. The molecule has 0 saturated heterocycles. The van der Waals surface area contributed by atoms with Crippen molar-refractivity contribution in [2.24, 2.45) is 5.41 Å². The van der Waals surface area contributed by atoms with Crippen LogP contribution in [0.15, 0.2) is 0 Å². The first-order valence-corrected chi connectivity index (χ1v) is 3.38. The minimum Gasteiger partial charge on any atom is -0.528 e. The van der Waals surface area contributed by atoms with E-state index in [2.05, 4.69) is 4.43 Å². The molecule has 0 saturated carbocycles. The van der Waals surface area contributed by atoms with Crippen molar-refractivity contribution in [2.75, 3.05) is 0 Å². The van der Waals surface area contributed by atoms with Crippen LogP contribution in [0.5, 0.6) is 0 Å². The molecule has 0 aromatic carbocycles. The van der Waals surface area contributed by atoms with Gasteiger partial charge in [-0.05, 0) is 20.8 Å². The molecule has 0 radical (unpaired) electrons. The lowest BCUT2D eigenvalue weighted by molar-refractivity contribution is -0.142. The van der Waals surface area contributed by atoms with Crippen LogP contribution < -0.4 is 0 Å². The van der Waals surface area contributed by atoms with Gasteiger partial charge in [-0.25, -0.2) is 0 Å². The maximum atomic E-state index is 10.6. The van der Waals surface area contributed by atoms with Crippen LogP contribution in [0, 0.1) is 5.41 Å². The maximum Gasteiger partial charge on any atom is 0.297 e. The van der Waals surface area contributed by atoms with Crippen LogP contribution in [-0.2, 0) is 9.22 Å². The maximum absolute atomic E-state index is 10.6. The average Bonchev–Trinajstić information content (AvgIpc) is 1.62. The third kappa shape index (κ3) is 2.11. The number of rotatable bonds is 0. The number of carbonyl (C=O) groups excluding carboxylic acids is 1. The average molecular weight is 132 g/mol. The van der Waals surface area contributed by atoms with Crippen LogP contribution in [0.2, 0.25) is 0 Å². The molecule has 0 amide bonds. The SMILES string of the molecule is CC(C)(C)C(=O)O[SiH3]. The number of carbonyl (C=O) groups is 1. The highest BCUT2D eigenvalue weighted by molar-refractivity contribution is 6.06. The molecule has 0 aromatic rings. The lowest BCUT2D eigenvalue weighted by Gasteiger charge is -2.14. The van der Waals surface area contributed by atoms with E-state index in [0.717, 1.165) is 0 Å². The number of hydrogen-bond acceptors (Lipinski definition) is 2. The molecule has 0 aliphatic heterocycles. The molecule has 0 aliphatic rings. The summed E-state index contributed by atoms with van der Waals surface area (Å²) in [5.74, 6) is -0.107. The predicted octanol–water partition coefficient (Wildman–Crippen LogP) is -0.144. The molecule has 0 unspecified atom stereocenters. The molecular formula is C5H12O2Si. The summed E-state index contributed by atoms with van der Waals surface area (Å²) in [5, 5.41) is 0. The molecule has 0 heterocycles. The van der Waals surface area contributed by atoms with Crippen molar-refractivity contribution < 1.29 is 9.22 Å². The monoisotopic (exact) mass is 132 g/mol. The van der Waals surface area contributed by atoms with Gasteiger partial charge in [-0.3, -0.25) is 4.79 Å². The third-order valence-corrected chi connectivity index (χ3v) is 1.17. The van der Waals surface area contributed by atoms with Gasteiger partial charge in [0.25, 0.3) is 5.97 Å². The first kappa shape index (κ1) is 7.69. The van der Waals surface area contributed by atoms with Crippen molar-refractivity contribution in [3.05, 3.63) is 0 Å². The van der Waals surface area contributed by atoms with Crippen molar-refractivity contribution in [3.63, 3.8) is 0 Å². The van der Waals surface area contributed by atoms with E-state index in [9.17, 15) is 4.79 Å². The molecule has 48 valence electrons. The van der Waals surface area contributed by atoms with Gasteiger partial charge in [0.1, 0.15) is 0 Å². The molecular weight excluding hydrogens is 120 g/mol. The van der Waals surface area contributed by atoms with Crippen LogP contribution in [0.3, 0.4) is 0 Å².